The van der Waals surface area contributed by atoms with Crippen molar-refractivity contribution in [1.29, 1.82) is 0 Å². The molecule has 0 bridgehead atoms. The number of ether oxygens (including phenoxy) is 1. The van der Waals surface area contributed by atoms with E-state index in [1.54, 1.807) is 24.3 Å². The van der Waals surface area contributed by atoms with E-state index in [-0.39, 0.29) is 24.1 Å². The third kappa shape index (κ3) is 3.49. The second kappa shape index (κ2) is 6.44. The SMILES string of the molecule is OCc1nnc(-c2ccc3occ(-c4cccc(OC(F)(F)F)c4)c3c2)o1. The van der Waals surface area contributed by atoms with E-state index in [4.69, 9.17) is 13.9 Å². The summed E-state index contributed by atoms with van der Waals surface area (Å²) in [5.41, 5.74) is 2.20. The summed E-state index contributed by atoms with van der Waals surface area (Å²) in [6.07, 6.45) is -3.32. The summed E-state index contributed by atoms with van der Waals surface area (Å²) in [7, 11) is 0. The van der Waals surface area contributed by atoms with Crippen molar-refractivity contribution in [3.05, 3.63) is 54.6 Å². The van der Waals surface area contributed by atoms with Gasteiger partial charge in [0, 0.05) is 16.5 Å². The monoisotopic (exact) mass is 376 g/mol. The summed E-state index contributed by atoms with van der Waals surface area (Å²) >= 11 is 0. The molecule has 0 atom stereocenters. The van der Waals surface area contributed by atoms with Crippen LogP contribution in [0.3, 0.4) is 0 Å². The van der Waals surface area contributed by atoms with E-state index < -0.39 is 6.36 Å². The number of nitrogens with zero attached hydrogens (tertiary/aromatic N) is 2. The Morgan fingerprint density at radius 3 is 2.63 bits per heavy atom. The maximum Gasteiger partial charge on any atom is 0.573 e. The van der Waals surface area contributed by atoms with E-state index in [0.717, 1.165) is 0 Å². The molecule has 0 spiro atoms. The van der Waals surface area contributed by atoms with Crippen molar-refractivity contribution in [2.45, 2.75) is 13.0 Å². The van der Waals surface area contributed by atoms with Gasteiger partial charge < -0.3 is 18.7 Å². The van der Waals surface area contributed by atoms with Crippen molar-refractivity contribution in [2.24, 2.45) is 0 Å². The van der Waals surface area contributed by atoms with E-state index >= 15 is 0 Å². The van der Waals surface area contributed by atoms with Gasteiger partial charge in [0.05, 0.1) is 6.26 Å². The molecule has 0 fully saturated rings. The van der Waals surface area contributed by atoms with Gasteiger partial charge in [-0.15, -0.1) is 23.4 Å². The lowest BCUT2D eigenvalue weighted by molar-refractivity contribution is -0.274. The number of aromatic nitrogens is 2. The number of halogens is 3. The first-order valence-corrected chi connectivity index (χ1v) is 7.74. The molecule has 2 aromatic carbocycles. The topological polar surface area (TPSA) is 81.5 Å². The summed E-state index contributed by atoms with van der Waals surface area (Å²) in [6.45, 7) is -0.377. The highest BCUT2D eigenvalue weighted by Crippen LogP contribution is 2.35. The van der Waals surface area contributed by atoms with Crippen LogP contribution in [0.4, 0.5) is 13.2 Å². The quantitative estimate of drug-likeness (QED) is 0.563. The highest BCUT2D eigenvalue weighted by molar-refractivity contribution is 5.96. The van der Waals surface area contributed by atoms with Gasteiger partial charge in [0.25, 0.3) is 0 Å². The highest BCUT2D eigenvalue weighted by atomic mass is 19.4. The molecular formula is C18H11F3N2O4. The third-order valence-corrected chi connectivity index (χ3v) is 3.80. The van der Waals surface area contributed by atoms with E-state index in [1.807, 2.05) is 0 Å². The van der Waals surface area contributed by atoms with E-state index in [9.17, 15) is 13.2 Å². The van der Waals surface area contributed by atoms with Crippen LogP contribution in [0.5, 0.6) is 5.75 Å². The van der Waals surface area contributed by atoms with Crippen LogP contribution >= 0.6 is 0 Å². The molecular weight excluding hydrogens is 365 g/mol. The van der Waals surface area contributed by atoms with Crippen LogP contribution in [0.1, 0.15) is 5.89 Å². The molecule has 0 amide bonds. The van der Waals surface area contributed by atoms with Gasteiger partial charge in [0.15, 0.2) is 0 Å². The number of furan rings is 1. The van der Waals surface area contributed by atoms with Gasteiger partial charge in [-0.1, -0.05) is 12.1 Å². The zero-order valence-electron chi connectivity index (χ0n) is 13.5. The number of fused-ring (bicyclic) bond motifs is 1. The second-order valence-corrected chi connectivity index (χ2v) is 5.60. The van der Waals surface area contributed by atoms with Crippen LogP contribution in [-0.2, 0) is 6.61 Å². The highest BCUT2D eigenvalue weighted by Gasteiger charge is 2.31. The minimum atomic E-state index is -4.77. The van der Waals surface area contributed by atoms with E-state index in [2.05, 4.69) is 14.9 Å². The van der Waals surface area contributed by atoms with Crippen LogP contribution in [-0.4, -0.2) is 21.7 Å². The number of alkyl halides is 3. The maximum absolute atomic E-state index is 12.5. The molecule has 9 heteroatoms. The lowest BCUT2D eigenvalue weighted by Gasteiger charge is -2.09. The average Bonchev–Trinajstić information content (AvgIpc) is 3.27. The summed E-state index contributed by atoms with van der Waals surface area (Å²) in [6, 6.07) is 10.7. The Morgan fingerprint density at radius 1 is 1.04 bits per heavy atom. The van der Waals surface area contributed by atoms with Crippen molar-refractivity contribution >= 4 is 11.0 Å². The maximum atomic E-state index is 12.5. The molecule has 1 N–H and O–H groups in total. The molecule has 138 valence electrons. The van der Waals surface area contributed by atoms with Gasteiger partial charge in [-0.3, -0.25) is 0 Å². The Kier molecular flexibility index (Phi) is 4.08. The first kappa shape index (κ1) is 17.1. The lowest BCUT2D eigenvalue weighted by Crippen LogP contribution is -2.17. The average molecular weight is 376 g/mol. The zero-order chi connectivity index (χ0) is 19.0. The van der Waals surface area contributed by atoms with Crippen molar-refractivity contribution < 1.29 is 31.8 Å². The Morgan fingerprint density at radius 2 is 1.89 bits per heavy atom. The molecule has 0 aliphatic heterocycles. The zero-order valence-corrected chi connectivity index (χ0v) is 13.5. The van der Waals surface area contributed by atoms with E-state index in [1.165, 1.54) is 24.5 Å². The summed E-state index contributed by atoms with van der Waals surface area (Å²) in [5.74, 6) is -0.0354. The predicted molar refractivity (Wildman–Crippen MR) is 87.5 cm³/mol. The molecule has 6 nitrogen and oxygen atoms in total. The molecule has 0 radical (unpaired) electrons. The van der Waals surface area contributed by atoms with Crippen LogP contribution < -0.4 is 4.74 Å². The number of aliphatic hydroxyl groups is 1. The smallest absolute Gasteiger partial charge is 0.464 e. The first-order valence-electron chi connectivity index (χ1n) is 7.74. The molecule has 4 aromatic rings. The van der Waals surface area contributed by atoms with Gasteiger partial charge in [-0.05, 0) is 35.9 Å². The predicted octanol–water partition coefficient (Wildman–Crippen LogP) is 4.54. The second-order valence-electron chi connectivity index (χ2n) is 5.60. The molecule has 0 unspecified atom stereocenters. The van der Waals surface area contributed by atoms with Crippen molar-refractivity contribution in [1.82, 2.24) is 10.2 Å². The minimum absolute atomic E-state index is 0.0783. The fraction of sp³-hybridized carbons (Fsp3) is 0.111. The van der Waals surface area contributed by atoms with Crippen molar-refractivity contribution in [3.8, 4) is 28.3 Å². The fourth-order valence-corrected chi connectivity index (χ4v) is 2.68. The normalized spacial score (nSPS) is 11.9. The number of hydrogen-bond acceptors (Lipinski definition) is 6. The number of aliphatic hydroxyl groups excluding tert-OH is 1. The fourth-order valence-electron chi connectivity index (χ4n) is 2.68. The van der Waals surface area contributed by atoms with Gasteiger partial charge in [-0.25, -0.2) is 0 Å². The lowest BCUT2D eigenvalue weighted by atomic mass is 10.0. The van der Waals surface area contributed by atoms with Crippen LogP contribution in [0.15, 0.2) is 57.6 Å². The molecule has 4 rings (SSSR count). The Hall–Kier alpha value is -3.33. The summed E-state index contributed by atoms with van der Waals surface area (Å²) < 4.78 is 52.2. The number of hydrogen-bond donors (Lipinski definition) is 1. The molecule has 0 saturated heterocycles. The molecule has 2 aromatic heterocycles. The molecule has 0 aliphatic rings. The van der Waals surface area contributed by atoms with Gasteiger partial charge in [0.2, 0.25) is 11.8 Å². The number of benzene rings is 2. The van der Waals surface area contributed by atoms with Crippen LogP contribution in [0, 0.1) is 0 Å². The molecule has 27 heavy (non-hydrogen) atoms. The van der Waals surface area contributed by atoms with Crippen molar-refractivity contribution in [2.75, 3.05) is 0 Å². The van der Waals surface area contributed by atoms with Crippen molar-refractivity contribution in [3.63, 3.8) is 0 Å². The van der Waals surface area contributed by atoms with Gasteiger partial charge >= 0.3 is 6.36 Å². The standard InChI is InChI=1S/C18H11F3N2O4/c19-18(20,21)27-12-3-1-2-10(6-12)14-9-25-15-5-4-11(7-13(14)15)17-23-22-16(8-24)26-17/h1-7,9,24H,8H2. The molecule has 0 aliphatic carbocycles. The number of rotatable bonds is 4. The summed E-state index contributed by atoms with van der Waals surface area (Å²) in [5, 5.41) is 17.2. The third-order valence-electron chi connectivity index (χ3n) is 3.80. The Balaban J connectivity index is 1.76. The van der Waals surface area contributed by atoms with Gasteiger partial charge in [-0.2, -0.15) is 0 Å². The largest absolute Gasteiger partial charge is 0.573 e. The minimum Gasteiger partial charge on any atom is -0.464 e. The molecule has 0 saturated carbocycles. The van der Waals surface area contributed by atoms with Gasteiger partial charge in [0.1, 0.15) is 17.9 Å². The Labute approximate surface area is 149 Å². The van der Waals surface area contributed by atoms with E-state index in [0.29, 0.717) is 27.7 Å². The summed E-state index contributed by atoms with van der Waals surface area (Å²) in [4.78, 5) is 0. The van der Waals surface area contributed by atoms with Crippen LogP contribution in [0.25, 0.3) is 33.6 Å². The van der Waals surface area contributed by atoms with Crippen LogP contribution in [0.2, 0.25) is 0 Å². The Bertz CT molecular complexity index is 1100. The first-order chi connectivity index (χ1) is 12.9. The molecule has 2 heterocycles.